The first-order valence-corrected chi connectivity index (χ1v) is 15.0. The number of nitrogens with one attached hydrogen (secondary N) is 3. The Kier molecular flexibility index (Phi) is 9.83. The number of alkyl halides is 3. The molecule has 0 radical (unpaired) electrons. The zero-order valence-corrected chi connectivity index (χ0v) is 23.4. The second kappa shape index (κ2) is 13.1. The molecule has 11 heteroatoms. The summed E-state index contributed by atoms with van der Waals surface area (Å²) in [5.74, 6) is -1.00. The SMILES string of the molecule is CCCNCc1ccc2c(c1)CCC[C@H]2NC(=O)CC(NS(=O)(=O)c1cccc(C(F)(F)F)c1)c1ccc(F)cc1. The van der Waals surface area contributed by atoms with Gasteiger partial charge in [0.2, 0.25) is 15.9 Å². The molecule has 0 aliphatic heterocycles. The summed E-state index contributed by atoms with van der Waals surface area (Å²) in [7, 11) is -4.47. The van der Waals surface area contributed by atoms with E-state index < -0.39 is 44.4 Å². The molecule has 1 aliphatic carbocycles. The molecule has 0 saturated heterocycles. The minimum atomic E-state index is -4.73. The van der Waals surface area contributed by atoms with Gasteiger partial charge in [-0.1, -0.05) is 43.3 Å². The molecule has 3 aromatic carbocycles. The Morgan fingerprint density at radius 1 is 1.05 bits per heavy atom. The van der Waals surface area contributed by atoms with E-state index in [9.17, 15) is 30.8 Å². The number of amides is 1. The fourth-order valence-corrected chi connectivity index (χ4v) is 6.26. The molecular weight excluding hydrogens is 558 g/mol. The van der Waals surface area contributed by atoms with E-state index in [1.807, 2.05) is 12.1 Å². The summed E-state index contributed by atoms with van der Waals surface area (Å²) in [4.78, 5) is 12.6. The first kappa shape index (κ1) is 30.7. The number of hydrogen-bond acceptors (Lipinski definition) is 4. The molecule has 41 heavy (non-hydrogen) atoms. The number of sulfonamides is 1. The van der Waals surface area contributed by atoms with Crippen molar-refractivity contribution in [3.8, 4) is 0 Å². The fraction of sp³-hybridized carbons (Fsp3) is 0.367. The predicted molar refractivity (Wildman–Crippen MR) is 148 cm³/mol. The molecule has 3 aromatic rings. The minimum Gasteiger partial charge on any atom is -0.349 e. The highest BCUT2D eigenvalue weighted by atomic mass is 32.2. The Hall–Kier alpha value is -3.28. The molecule has 0 fully saturated rings. The van der Waals surface area contributed by atoms with Crippen molar-refractivity contribution >= 4 is 15.9 Å². The quantitative estimate of drug-likeness (QED) is 0.190. The van der Waals surface area contributed by atoms with Crippen LogP contribution in [0.5, 0.6) is 0 Å². The number of fused-ring (bicyclic) bond motifs is 1. The second-order valence-electron chi connectivity index (χ2n) is 10.2. The van der Waals surface area contributed by atoms with E-state index in [-0.39, 0.29) is 12.5 Å². The van der Waals surface area contributed by atoms with Crippen molar-refractivity contribution in [2.75, 3.05) is 6.54 Å². The molecule has 1 aliphatic rings. The summed E-state index contributed by atoms with van der Waals surface area (Å²) in [5.41, 5.74) is 2.50. The third kappa shape index (κ3) is 8.15. The zero-order valence-electron chi connectivity index (χ0n) is 22.6. The lowest BCUT2D eigenvalue weighted by atomic mass is 9.86. The standard InChI is InChI=1S/C30H33F4N3O3S/c1-2-15-35-19-20-9-14-26-22(16-20)5-3-8-27(26)36-29(38)18-28(21-10-12-24(31)13-11-21)37-41(39,40)25-7-4-6-23(17-25)30(32,33)34/h4,6-7,9-14,16-17,27-28,35,37H,2-3,5,8,15,18-19H2,1H3,(H,36,38)/t27-,28?/m1/s1. The van der Waals surface area contributed by atoms with E-state index in [1.54, 1.807) is 0 Å². The van der Waals surface area contributed by atoms with Crippen molar-refractivity contribution in [1.29, 1.82) is 0 Å². The number of hydrogen-bond donors (Lipinski definition) is 3. The van der Waals surface area contributed by atoms with Gasteiger partial charge in [0.1, 0.15) is 5.82 Å². The zero-order chi connectivity index (χ0) is 29.6. The van der Waals surface area contributed by atoms with Gasteiger partial charge in [-0.3, -0.25) is 4.79 Å². The van der Waals surface area contributed by atoms with Crippen LogP contribution in [0.15, 0.2) is 71.6 Å². The van der Waals surface area contributed by atoms with Crippen LogP contribution in [0.25, 0.3) is 0 Å². The maximum atomic E-state index is 13.6. The van der Waals surface area contributed by atoms with Gasteiger partial charge in [0.05, 0.1) is 22.5 Å². The van der Waals surface area contributed by atoms with Crippen molar-refractivity contribution < 1.29 is 30.8 Å². The van der Waals surface area contributed by atoms with Crippen LogP contribution in [-0.4, -0.2) is 20.9 Å². The molecule has 1 amide bonds. The molecule has 0 bridgehead atoms. The average molecular weight is 592 g/mol. The molecule has 0 saturated carbocycles. The van der Waals surface area contributed by atoms with Crippen LogP contribution >= 0.6 is 0 Å². The molecule has 0 heterocycles. The van der Waals surface area contributed by atoms with Crippen LogP contribution in [0.3, 0.4) is 0 Å². The van der Waals surface area contributed by atoms with Gasteiger partial charge in [-0.15, -0.1) is 0 Å². The maximum Gasteiger partial charge on any atom is 0.416 e. The number of aryl methyl sites for hydroxylation is 1. The Balaban J connectivity index is 1.53. The normalized spacial score (nSPS) is 16.2. The van der Waals surface area contributed by atoms with Crippen molar-refractivity contribution in [1.82, 2.24) is 15.4 Å². The monoisotopic (exact) mass is 591 g/mol. The predicted octanol–water partition coefficient (Wildman–Crippen LogP) is 5.95. The van der Waals surface area contributed by atoms with Crippen molar-refractivity contribution in [3.05, 3.63) is 100 Å². The van der Waals surface area contributed by atoms with Crippen LogP contribution in [0.2, 0.25) is 0 Å². The van der Waals surface area contributed by atoms with Gasteiger partial charge in [0, 0.05) is 13.0 Å². The van der Waals surface area contributed by atoms with Gasteiger partial charge >= 0.3 is 6.18 Å². The molecule has 0 spiro atoms. The van der Waals surface area contributed by atoms with E-state index in [4.69, 9.17) is 0 Å². The van der Waals surface area contributed by atoms with E-state index in [0.29, 0.717) is 18.1 Å². The van der Waals surface area contributed by atoms with Crippen LogP contribution in [0.4, 0.5) is 17.6 Å². The van der Waals surface area contributed by atoms with Crippen LogP contribution in [0.1, 0.15) is 72.5 Å². The third-order valence-corrected chi connectivity index (χ3v) is 8.51. The number of rotatable bonds is 11. The highest BCUT2D eigenvalue weighted by Crippen LogP contribution is 2.32. The van der Waals surface area contributed by atoms with Crippen LogP contribution < -0.4 is 15.4 Å². The first-order valence-electron chi connectivity index (χ1n) is 13.5. The first-order chi connectivity index (χ1) is 19.5. The Labute approximate surface area is 237 Å². The molecule has 4 rings (SSSR count). The van der Waals surface area contributed by atoms with E-state index in [0.717, 1.165) is 79.4 Å². The van der Waals surface area contributed by atoms with Gasteiger partial charge in [0.15, 0.2) is 0 Å². The lowest BCUT2D eigenvalue weighted by Crippen LogP contribution is -2.36. The number of carbonyl (C=O) groups is 1. The van der Waals surface area contributed by atoms with Crippen molar-refractivity contribution in [2.24, 2.45) is 0 Å². The van der Waals surface area contributed by atoms with Crippen molar-refractivity contribution in [2.45, 2.75) is 68.7 Å². The molecule has 6 nitrogen and oxygen atoms in total. The van der Waals surface area contributed by atoms with E-state index >= 15 is 0 Å². The molecular formula is C30H33F4N3O3S. The topological polar surface area (TPSA) is 87.3 Å². The fourth-order valence-electron chi connectivity index (χ4n) is 4.99. The molecule has 1 unspecified atom stereocenters. The van der Waals surface area contributed by atoms with Gasteiger partial charge in [-0.25, -0.2) is 17.5 Å². The largest absolute Gasteiger partial charge is 0.416 e. The van der Waals surface area contributed by atoms with E-state index in [1.165, 1.54) is 12.1 Å². The van der Waals surface area contributed by atoms with Gasteiger partial charge < -0.3 is 10.6 Å². The Morgan fingerprint density at radius 3 is 2.51 bits per heavy atom. The number of benzene rings is 3. The smallest absolute Gasteiger partial charge is 0.349 e. The molecule has 0 aromatic heterocycles. The van der Waals surface area contributed by atoms with Crippen molar-refractivity contribution in [3.63, 3.8) is 0 Å². The second-order valence-corrected chi connectivity index (χ2v) is 11.9. The average Bonchev–Trinajstić information content (AvgIpc) is 2.93. The van der Waals surface area contributed by atoms with Gasteiger partial charge in [-0.05, 0) is 84.8 Å². The summed E-state index contributed by atoms with van der Waals surface area (Å²) in [6.45, 7) is 3.77. The molecule has 220 valence electrons. The van der Waals surface area contributed by atoms with Gasteiger partial charge in [0.25, 0.3) is 0 Å². The third-order valence-electron chi connectivity index (χ3n) is 7.04. The van der Waals surface area contributed by atoms with Crippen LogP contribution in [0, 0.1) is 5.82 Å². The highest BCUT2D eigenvalue weighted by molar-refractivity contribution is 7.89. The lowest BCUT2D eigenvalue weighted by Gasteiger charge is -2.28. The van der Waals surface area contributed by atoms with E-state index in [2.05, 4.69) is 28.3 Å². The molecule has 3 N–H and O–H groups in total. The van der Waals surface area contributed by atoms with Gasteiger partial charge in [-0.2, -0.15) is 13.2 Å². The summed E-state index contributed by atoms with van der Waals surface area (Å²) in [5, 5.41) is 6.38. The maximum absolute atomic E-state index is 13.6. The summed E-state index contributed by atoms with van der Waals surface area (Å²) >= 11 is 0. The Morgan fingerprint density at radius 2 is 1.80 bits per heavy atom. The molecule has 2 atom stereocenters. The summed E-state index contributed by atoms with van der Waals surface area (Å²) in [6.07, 6.45) is -1.57. The summed E-state index contributed by atoms with van der Waals surface area (Å²) < 4.78 is 81.9. The minimum absolute atomic E-state index is 0.266. The number of halogens is 4. The lowest BCUT2D eigenvalue weighted by molar-refractivity contribution is -0.137. The Bertz CT molecular complexity index is 1460. The van der Waals surface area contributed by atoms with Crippen LogP contribution in [-0.2, 0) is 34.0 Å². The number of carbonyl (C=O) groups excluding carboxylic acids is 1. The summed E-state index contributed by atoms with van der Waals surface area (Å²) in [6, 6.07) is 13.1. The highest BCUT2D eigenvalue weighted by Gasteiger charge is 2.33.